The lowest BCUT2D eigenvalue weighted by Gasteiger charge is -2.26. The molecule has 2 heterocycles. The van der Waals surface area contributed by atoms with Crippen molar-refractivity contribution < 1.29 is 14.3 Å². The molecular formula is C24H28N4O3. The van der Waals surface area contributed by atoms with E-state index in [1.54, 1.807) is 24.3 Å². The number of aryl methyl sites for hydroxylation is 2. The summed E-state index contributed by atoms with van der Waals surface area (Å²) in [6.45, 7) is 4.05. The van der Waals surface area contributed by atoms with Crippen molar-refractivity contribution in [2.75, 3.05) is 19.7 Å². The Bertz CT molecular complexity index is 1080. The fourth-order valence-corrected chi connectivity index (χ4v) is 3.84. The van der Waals surface area contributed by atoms with Gasteiger partial charge in [0, 0.05) is 32.2 Å². The van der Waals surface area contributed by atoms with E-state index in [9.17, 15) is 9.59 Å². The highest BCUT2D eigenvalue weighted by Crippen LogP contribution is 2.17. The minimum absolute atomic E-state index is 0.0154. The number of carbonyl (C=O) groups is 2. The largest absolute Gasteiger partial charge is 0.484 e. The molecule has 1 aliphatic heterocycles. The van der Waals surface area contributed by atoms with Crippen LogP contribution in [0.25, 0.3) is 11.0 Å². The van der Waals surface area contributed by atoms with Gasteiger partial charge in [-0.1, -0.05) is 6.07 Å². The van der Waals surface area contributed by atoms with Crippen molar-refractivity contribution in [3.8, 4) is 5.75 Å². The molecule has 0 atom stereocenters. The quantitative estimate of drug-likeness (QED) is 0.664. The number of ether oxygens (including phenoxy) is 1. The van der Waals surface area contributed by atoms with Crippen LogP contribution in [-0.4, -0.2) is 46.0 Å². The highest BCUT2D eigenvalue weighted by molar-refractivity contribution is 5.94. The van der Waals surface area contributed by atoms with Crippen LogP contribution in [0.3, 0.4) is 0 Å². The zero-order chi connectivity index (χ0) is 21.8. The van der Waals surface area contributed by atoms with Crippen molar-refractivity contribution in [2.45, 2.75) is 32.7 Å². The number of benzene rings is 2. The standard InChI is InChI=1S/C24H28N4O3/c1-17-26-21-14-18(6-11-22(21)27(17)2)15-25-24(30)19-7-9-20(10-8-19)31-16-23(29)28-12-4-3-5-13-28/h6-11,14H,3-5,12-13,15-16H2,1-2H3,(H,25,30). The van der Waals surface area contributed by atoms with Crippen LogP contribution in [0, 0.1) is 6.92 Å². The van der Waals surface area contributed by atoms with Crippen molar-refractivity contribution in [3.05, 3.63) is 59.4 Å². The van der Waals surface area contributed by atoms with E-state index < -0.39 is 0 Å². The summed E-state index contributed by atoms with van der Waals surface area (Å²) in [5.41, 5.74) is 3.54. The molecule has 2 aromatic carbocycles. The smallest absolute Gasteiger partial charge is 0.260 e. The SMILES string of the molecule is Cc1nc2cc(CNC(=O)c3ccc(OCC(=O)N4CCCCC4)cc3)ccc2n1C. The minimum Gasteiger partial charge on any atom is -0.484 e. The summed E-state index contributed by atoms with van der Waals surface area (Å²) in [6.07, 6.45) is 3.31. The summed E-state index contributed by atoms with van der Waals surface area (Å²) >= 11 is 0. The van der Waals surface area contributed by atoms with Crippen LogP contribution in [0.2, 0.25) is 0 Å². The van der Waals surface area contributed by atoms with Crippen LogP contribution < -0.4 is 10.1 Å². The summed E-state index contributed by atoms with van der Waals surface area (Å²) in [7, 11) is 1.99. The number of rotatable bonds is 6. The van der Waals surface area contributed by atoms with Crippen molar-refractivity contribution in [2.24, 2.45) is 7.05 Å². The molecule has 1 N–H and O–H groups in total. The number of aromatic nitrogens is 2. The first-order valence-corrected chi connectivity index (χ1v) is 10.7. The number of fused-ring (bicyclic) bond motifs is 1. The van der Waals surface area contributed by atoms with Crippen LogP contribution in [0.4, 0.5) is 0 Å². The highest BCUT2D eigenvalue weighted by Gasteiger charge is 2.17. The van der Waals surface area contributed by atoms with Crippen LogP contribution >= 0.6 is 0 Å². The molecule has 2 amide bonds. The summed E-state index contributed by atoms with van der Waals surface area (Å²) < 4.78 is 7.65. The number of amides is 2. The first-order valence-electron chi connectivity index (χ1n) is 10.7. The molecule has 0 unspecified atom stereocenters. The number of hydrogen-bond donors (Lipinski definition) is 1. The van der Waals surface area contributed by atoms with Gasteiger partial charge in [-0.2, -0.15) is 0 Å². The zero-order valence-corrected chi connectivity index (χ0v) is 18.1. The molecule has 7 heteroatoms. The van der Waals surface area contributed by atoms with E-state index in [2.05, 4.69) is 10.3 Å². The zero-order valence-electron chi connectivity index (χ0n) is 18.1. The van der Waals surface area contributed by atoms with Gasteiger partial charge in [-0.15, -0.1) is 0 Å². The lowest BCUT2D eigenvalue weighted by atomic mass is 10.1. The summed E-state index contributed by atoms with van der Waals surface area (Å²) in [5, 5.41) is 2.94. The number of piperidine rings is 1. The van der Waals surface area contributed by atoms with Crippen LogP contribution in [0.15, 0.2) is 42.5 Å². The van der Waals surface area contributed by atoms with Gasteiger partial charge >= 0.3 is 0 Å². The van der Waals surface area contributed by atoms with Crippen molar-refractivity contribution >= 4 is 22.8 Å². The summed E-state index contributed by atoms with van der Waals surface area (Å²) in [6, 6.07) is 12.9. The van der Waals surface area contributed by atoms with Gasteiger partial charge in [0.1, 0.15) is 11.6 Å². The molecule has 31 heavy (non-hydrogen) atoms. The number of nitrogens with one attached hydrogen (secondary N) is 1. The van der Waals surface area contributed by atoms with Crippen LogP contribution in [0.5, 0.6) is 5.75 Å². The second kappa shape index (κ2) is 9.20. The molecule has 1 saturated heterocycles. The van der Waals surface area contributed by atoms with Gasteiger partial charge in [0.05, 0.1) is 11.0 Å². The molecule has 3 aromatic rings. The Kier molecular flexibility index (Phi) is 6.21. The summed E-state index contributed by atoms with van der Waals surface area (Å²) in [4.78, 5) is 31.1. The lowest BCUT2D eigenvalue weighted by molar-refractivity contribution is -0.134. The van der Waals surface area contributed by atoms with Gasteiger partial charge in [0.2, 0.25) is 0 Å². The Labute approximate surface area is 182 Å². The van der Waals surface area contributed by atoms with Gasteiger partial charge in [-0.05, 0) is 68.1 Å². The molecular weight excluding hydrogens is 392 g/mol. The second-order valence-corrected chi connectivity index (χ2v) is 7.98. The third kappa shape index (κ3) is 4.87. The maximum atomic E-state index is 12.5. The number of likely N-dealkylation sites (tertiary alicyclic amines) is 1. The fraction of sp³-hybridized carbons (Fsp3) is 0.375. The maximum Gasteiger partial charge on any atom is 0.260 e. The molecule has 0 aliphatic carbocycles. The molecule has 0 radical (unpaired) electrons. The molecule has 162 valence electrons. The van der Waals surface area contributed by atoms with E-state index in [1.165, 1.54) is 6.42 Å². The van der Waals surface area contributed by atoms with Gasteiger partial charge in [0.25, 0.3) is 11.8 Å². The number of nitrogens with zero attached hydrogens (tertiary/aromatic N) is 3. The Hall–Kier alpha value is -3.35. The van der Waals surface area contributed by atoms with E-state index in [0.717, 1.165) is 48.4 Å². The van der Waals surface area contributed by atoms with E-state index in [1.807, 2.05) is 41.6 Å². The average Bonchev–Trinajstić information content (AvgIpc) is 3.09. The van der Waals surface area contributed by atoms with Gasteiger partial charge in [-0.25, -0.2) is 4.98 Å². The van der Waals surface area contributed by atoms with E-state index >= 15 is 0 Å². The van der Waals surface area contributed by atoms with E-state index in [4.69, 9.17) is 4.74 Å². The highest BCUT2D eigenvalue weighted by atomic mass is 16.5. The molecule has 0 spiro atoms. The molecule has 0 saturated carbocycles. The van der Waals surface area contributed by atoms with Gasteiger partial charge in [-0.3, -0.25) is 9.59 Å². The number of hydrogen-bond acceptors (Lipinski definition) is 4. The lowest BCUT2D eigenvalue weighted by Crippen LogP contribution is -2.38. The monoisotopic (exact) mass is 420 g/mol. The van der Waals surface area contributed by atoms with Crippen LogP contribution in [-0.2, 0) is 18.4 Å². The first kappa shape index (κ1) is 20.9. The maximum absolute atomic E-state index is 12.5. The third-order valence-corrected chi connectivity index (χ3v) is 5.81. The summed E-state index contributed by atoms with van der Waals surface area (Å²) in [5.74, 6) is 1.39. The van der Waals surface area contributed by atoms with Gasteiger partial charge in [0.15, 0.2) is 6.61 Å². The first-order chi connectivity index (χ1) is 15.0. The third-order valence-electron chi connectivity index (χ3n) is 5.81. The second-order valence-electron chi connectivity index (χ2n) is 7.98. The average molecular weight is 421 g/mol. The normalized spacial score (nSPS) is 13.9. The Morgan fingerprint density at radius 1 is 1.06 bits per heavy atom. The Morgan fingerprint density at radius 3 is 2.55 bits per heavy atom. The Balaban J connectivity index is 1.29. The molecule has 1 aromatic heterocycles. The molecule has 7 nitrogen and oxygen atoms in total. The van der Waals surface area contributed by atoms with Gasteiger partial charge < -0.3 is 19.5 Å². The number of imidazole rings is 1. The minimum atomic E-state index is -0.159. The molecule has 4 rings (SSSR count). The van der Waals surface area contributed by atoms with E-state index in [0.29, 0.717) is 17.9 Å². The predicted octanol–water partition coefficient (Wildman–Crippen LogP) is 3.20. The topological polar surface area (TPSA) is 76.5 Å². The molecule has 1 fully saturated rings. The van der Waals surface area contributed by atoms with E-state index in [-0.39, 0.29) is 18.4 Å². The molecule has 1 aliphatic rings. The van der Waals surface area contributed by atoms with Crippen molar-refractivity contribution in [1.29, 1.82) is 0 Å². The van der Waals surface area contributed by atoms with Crippen LogP contribution in [0.1, 0.15) is 41.0 Å². The van der Waals surface area contributed by atoms with Crippen molar-refractivity contribution in [3.63, 3.8) is 0 Å². The van der Waals surface area contributed by atoms with Crippen molar-refractivity contribution in [1.82, 2.24) is 19.8 Å². The molecule has 0 bridgehead atoms. The Morgan fingerprint density at radius 2 is 1.81 bits per heavy atom. The number of carbonyl (C=O) groups excluding carboxylic acids is 2. The predicted molar refractivity (Wildman–Crippen MR) is 119 cm³/mol. The fourth-order valence-electron chi connectivity index (χ4n) is 3.84.